The summed E-state index contributed by atoms with van der Waals surface area (Å²) in [7, 11) is 1.63. The molecule has 0 unspecified atom stereocenters. The van der Waals surface area contributed by atoms with Gasteiger partial charge in [0.15, 0.2) is 0 Å². The number of halogens is 1. The first-order valence-corrected chi connectivity index (χ1v) is 8.88. The van der Waals surface area contributed by atoms with Crippen molar-refractivity contribution in [2.75, 3.05) is 25.5 Å². The third-order valence-corrected chi connectivity index (χ3v) is 4.96. The Labute approximate surface area is 156 Å². The number of piperidine rings is 1. The van der Waals surface area contributed by atoms with Gasteiger partial charge in [0.05, 0.1) is 13.7 Å². The molecule has 27 heavy (non-hydrogen) atoms. The molecule has 2 aromatic rings. The van der Waals surface area contributed by atoms with E-state index in [4.69, 9.17) is 14.2 Å². The van der Waals surface area contributed by atoms with Crippen molar-refractivity contribution >= 4 is 11.7 Å². The van der Waals surface area contributed by atoms with Crippen LogP contribution in [0.5, 0.6) is 11.5 Å². The molecular weight excluding hydrogens is 351 g/mol. The number of rotatable bonds is 2. The molecule has 2 aliphatic heterocycles. The van der Waals surface area contributed by atoms with Crippen LogP contribution in [-0.2, 0) is 11.3 Å². The number of ether oxygens (including phenoxy) is 3. The Morgan fingerprint density at radius 1 is 1.19 bits per heavy atom. The summed E-state index contributed by atoms with van der Waals surface area (Å²) in [5.41, 5.74) is 1.52. The number of carbonyl (C=O) groups is 1. The first kappa shape index (κ1) is 17.6. The first-order chi connectivity index (χ1) is 13.1. The van der Waals surface area contributed by atoms with Gasteiger partial charge in [-0.05, 0) is 42.5 Å². The summed E-state index contributed by atoms with van der Waals surface area (Å²) in [6.07, 6.45) is 1.16. The number of likely N-dealkylation sites (tertiary alicyclic amines) is 1. The normalized spacial score (nSPS) is 17.8. The van der Waals surface area contributed by atoms with E-state index in [1.807, 2.05) is 18.2 Å². The van der Waals surface area contributed by atoms with Crippen molar-refractivity contribution in [3.63, 3.8) is 0 Å². The van der Waals surface area contributed by atoms with E-state index in [2.05, 4.69) is 5.32 Å². The van der Waals surface area contributed by atoms with E-state index in [1.54, 1.807) is 12.0 Å². The Morgan fingerprint density at radius 3 is 2.63 bits per heavy atom. The van der Waals surface area contributed by atoms with Crippen LogP contribution in [0.25, 0.3) is 0 Å². The maximum atomic E-state index is 13.0. The standard InChI is InChI=1S/C20H21FN2O4/c1-25-17-6-7-18-14(12-17)13-26-20(27-18)8-10-23(11-9-20)19(24)22-16-4-2-15(21)3-5-16/h2-7,12H,8-11,13H2,1H3,(H,22,24). The second kappa shape index (κ2) is 7.08. The molecule has 0 saturated carbocycles. The summed E-state index contributed by atoms with van der Waals surface area (Å²) >= 11 is 0. The SMILES string of the molecule is COc1ccc2c(c1)COC1(CCN(C(=O)Nc3ccc(F)cc3)CC1)O2. The molecule has 1 saturated heterocycles. The van der Waals surface area contributed by atoms with Gasteiger partial charge in [-0.15, -0.1) is 0 Å². The lowest BCUT2D eigenvalue weighted by molar-refractivity contribution is -0.225. The van der Waals surface area contributed by atoms with E-state index in [1.165, 1.54) is 24.3 Å². The number of urea groups is 1. The molecule has 0 aliphatic carbocycles. The number of methoxy groups -OCH3 is 1. The highest BCUT2D eigenvalue weighted by molar-refractivity contribution is 5.89. The second-order valence-electron chi connectivity index (χ2n) is 6.70. The van der Waals surface area contributed by atoms with Gasteiger partial charge in [-0.25, -0.2) is 9.18 Å². The van der Waals surface area contributed by atoms with E-state index >= 15 is 0 Å². The molecular formula is C20H21FN2O4. The van der Waals surface area contributed by atoms with Gasteiger partial charge in [-0.2, -0.15) is 0 Å². The number of benzene rings is 2. The van der Waals surface area contributed by atoms with Crippen LogP contribution in [0, 0.1) is 5.82 Å². The third-order valence-electron chi connectivity index (χ3n) is 4.96. The van der Waals surface area contributed by atoms with Crippen LogP contribution in [0.15, 0.2) is 42.5 Å². The maximum Gasteiger partial charge on any atom is 0.321 e. The van der Waals surface area contributed by atoms with Crippen molar-refractivity contribution < 1.29 is 23.4 Å². The molecule has 1 spiro atoms. The summed E-state index contributed by atoms with van der Waals surface area (Å²) in [5.74, 6) is 0.529. The maximum absolute atomic E-state index is 13.0. The highest BCUT2D eigenvalue weighted by Gasteiger charge is 2.42. The lowest BCUT2D eigenvalue weighted by atomic mass is 10.0. The molecule has 2 heterocycles. The fraction of sp³-hybridized carbons (Fsp3) is 0.350. The van der Waals surface area contributed by atoms with Crippen LogP contribution in [0.2, 0.25) is 0 Å². The van der Waals surface area contributed by atoms with Crippen molar-refractivity contribution in [2.45, 2.75) is 25.2 Å². The average molecular weight is 372 g/mol. The van der Waals surface area contributed by atoms with Gasteiger partial charge in [0.25, 0.3) is 0 Å². The summed E-state index contributed by atoms with van der Waals surface area (Å²) in [5, 5.41) is 2.78. The Bertz CT molecular complexity index is 832. The molecule has 1 fully saturated rings. The van der Waals surface area contributed by atoms with Gasteiger partial charge < -0.3 is 24.4 Å². The van der Waals surface area contributed by atoms with E-state index in [9.17, 15) is 9.18 Å². The summed E-state index contributed by atoms with van der Waals surface area (Å²) < 4.78 is 30.4. The largest absolute Gasteiger partial charge is 0.497 e. The fourth-order valence-electron chi connectivity index (χ4n) is 3.37. The van der Waals surface area contributed by atoms with Crippen LogP contribution in [0.3, 0.4) is 0 Å². The first-order valence-electron chi connectivity index (χ1n) is 8.88. The molecule has 4 rings (SSSR count). The predicted molar refractivity (Wildman–Crippen MR) is 97.4 cm³/mol. The number of hydrogen-bond acceptors (Lipinski definition) is 4. The average Bonchev–Trinajstić information content (AvgIpc) is 2.70. The number of carbonyl (C=O) groups excluding carboxylic acids is 1. The highest BCUT2D eigenvalue weighted by Crippen LogP contribution is 2.38. The summed E-state index contributed by atoms with van der Waals surface area (Å²) in [6.45, 7) is 1.48. The lowest BCUT2D eigenvalue weighted by Crippen LogP contribution is -2.53. The number of fused-ring (bicyclic) bond motifs is 1. The molecule has 2 amide bonds. The Balaban J connectivity index is 1.37. The minimum absolute atomic E-state index is 0.211. The third kappa shape index (κ3) is 3.68. The molecule has 7 heteroatoms. The number of nitrogens with zero attached hydrogens (tertiary/aromatic N) is 1. The molecule has 0 radical (unpaired) electrons. The van der Waals surface area contributed by atoms with Crippen LogP contribution >= 0.6 is 0 Å². The Hall–Kier alpha value is -2.80. The van der Waals surface area contributed by atoms with Crippen molar-refractivity contribution in [1.29, 1.82) is 0 Å². The molecule has 142 valence electrons. The lowest BCUT2D eigenvalue weighted by Gasteiger charge is -2.43. The van der Waals surface area contributed by atoms with Crippen molar-refractivity contribution in [2.24, 2.45) is 0 Å². The second-order valence-corrected chi connectivity index (χ2v) is 6.70. The monoisotopic (exact) mass is 372 g/mol. The molecule has 2 aromatic carbocycles. The van der Waals surface area contributed by atoms with E-state index in [-0.39, 0.29) is 11.8 Å². The molecule has 6 nitrogen and oxygen atoms in total. The summed E-state index contributed by atoms with van der Waals surface area (Å²) in [4.78, 5) is 14.1. The molecule has 1 N–H and O–H groups in total. The van der Waals surface area contributed by atoms with Crippen molar-refractivity contribution in [3.05, 3.63) is 53.8 Å². The van der Waals surface area contributed by atoms with Crippen LogP contribution in [-0.4, -0.2) is 36.9 Å². The summed E-state index contributed by atoms with van der Waals surface area (Å²) in [6, 6.07) is 11.2. The Morgan fingerprint density at radius 2 is 1.93 bits per heavy atom. The van der Waals surface area contributed by atoms with Gasteiger partial charge in [-0.3, -0.25) is 0 Å². The Kier molecular flexibility index (Phi) is 4.61. The van der Waals surface area contributed by atoms with Gasteiger partial charge >= 0.3 is 6.03 Å². The molecule has 0 atom stereocenters. The smallest absolute Gasteiger partial charge is 0.321 e. The van der Waals surface area contributed by atoms with Gasteiger partial charge in [0.2, 0.25) is 5.79 Å². The number of hydrogen-bond donors (Lipinski definition) is 1. The zero-order chi connectivity index (χ0) is 18.9. The van der Waals surface area contributed by atoms with E-state index in [0.717, 1.165) is 17.1 Å². The molecule has 2 aliphatic rings. The number of anilines is 1. The van der Waals surface area contributed by atoms with Gasteiger partial charge in [-0.1, -0.05) is 0 Å². The van der Waals surface area contributed by atoms with Gasteiger partial charge in [0, 0.05) is 37.2 Å². The topological polar surface area (TPSA) is 60.0 Å². The van der Waals surface area contributed by atoms with Crippen molar-refractivity contribution in [1.82, 2.24) is 4.90 Å². The molecule has 0 bridgehead atoms. The predicted octanol–water partition coefficient (Wildman–Crippen LogP) is 3.77. The van der Waals surface area contributed by atoms with Crippen LogP contribution in [0.4, 0.5) is 14.9 Å². The van der Waals surface area contributed by atoms with E-state index in [0.29, 0.717) is 38.2 Å². The quantitative estimate of drug-likeness (QED) is 0.872. The minimum atomic E-state index is -0.700. The van der Waals surface area contributed by atoms with Crippen LogP contribution in [0.1, 0.15) is 18.4 Å². The van der Waals surface area contributed by atoms with Crippen LogP contribution < -0.4 is 14.8 Å². The zero-order valence-electron chi connectivity index (χ0n) is 15.0. The van der Waals surface area contributed by atoms with Crippen molar-refractivity contribution in [3.8, 4) is 11.5 Å². The van der Waals surface area contributed by atoms with E-state index < -0.39 is 5.79 Å². The number of nitrogens with one attached hydrogen (secondary N) is 1. The minimum Gasteiger partial charge on any atom is -0.497 e. The molecule has 0 aromatic heterocycles. The van der Waals surface area contributed by atoms with Gasteiger partial charge in [0.1, 0.15) is 17.3 Å². The number of amides is 2. The fourth-order valence-corrected chi connectivity index (χ4v) is 3.37. The zero-order valence-corrected chi connectivity index (χ0v) is 15.0. The highest BCUT2D eigenvalue weighted by atomic mass is 19.1.